The minimum atomic E-state index is -0.0565. The molecule has 5 nitrogen and oxygen atoms in total. The Balaban J connectivity index is 1.47. The van der Waals surface area contributed by atoms with Gasteiger partial charge in [0, 0.05) is 43.3 Å². The zero-order chi connectivity index (χ0) is 16.9. The summed E-state index contributed by atoms with van der Waals surface area (Å²) < 4.78 is 5.94. The number of amides is 2. The van der Waals surface area contributed by atoms with Crippen molar-refractivity contribution in [2.24, 2.45) is 0 Å². The number of piperazine rings is 1. The molecule has 1 aliphatic heterocycles. The molecule has 1 saturated heterocycles. The summed E-state index contributed by atoms with van der Waals surface area (Å²) in [5, 5.41) is 2.93. The van der Waals surface area contributed by atoms with E-state index in [1.807, 2.05) is 35.2 Å². The van der Waals surface area contributed by atoms with Gasteiger partial charge in [0.1, 0.15) is 5.75 Å². The number of ether oxygens (including phenoxy) is 1. The van der Waals surface area contributed by atoms with Gasteiger partial charge in [0.25, 0.3) is 0 Å². The molecule has 1 N–H and O–H groups in total. The third-order valence-electron chi connectivity index (χ3n) is 4.01. The number of hydrogen-bond acceptors (Lipinski definition) is 4. The molecular weight excluding hydrogens is 346 g/mol. The zero-order valence-corrected chi connectivity index (χ0v) is 15.1. The summed E-state index contributed by atoms with van der Waals surface area (Å²) in [5.41, 5.74) is 0.774. The van der Waals surface area contributed by atoms with Gasteiger partial charge in [-0.25, -0.2) is 4.79 Å². The predicted octanol–water partition coefficient (Wildman–Crippen LogP) is 3.76. The Kier molecular flexibility index (Phi) is 5.60. The number of carbonyl (C=O) groups is 1. The number of anilines is 1. The van der Waals surface area contributed by atoms with Gasteiger partial charge in [0.2, 0.25) is 0 Å². The predicted molar refractivity (Wildman–Crippen MR) is 98.2 cm³/mol. The van der Waals surface area contributed by atoms with Crippen molar-refractivity contribution in [3.8, 4) is 5.75 Å². The minimum absolute atomic E-state index is 0.0565. The van der Waals surface area contributed by atoms with Gasteiger partial charge in [-0.2, -0.15) is 0 Å². The molecule has 0 atom stereocenters. The fourth-order valence-corrected chi connectivity index (χ4v) is 3.77. The summed E-state index contributed by atoms with van der Waals surface area (Å²) in [5.74, 6) is 0.773. The van der Waals surface area contributed by atoms with Crippen LogP contribution in [-0.4, -0.2) is 49.1 Å². The standard InChI is InChI=1S/C17H20ClN3O2S/c1-23-14-4-2-13(3-5-14)19-17(22)21-10-8-20(9-11-21)12-15-6-7-16(18)24-15/h2-7H,8-12H2,1H3,(H,19,22). The molecule has 0 spiro atoms. The monoisotopic (exact) mass is 365 g/mol. The first kappa shape index (κ1) is 17.1. The molecule has 128 valence electrons. The van der Waals surface area contributed by atoms with E-state index in [-0.39, 0.29) is 6.03 Å². The van der Waals surface area contributed by atoms with Crippen molar-refractivity contribution in [1.29, 1.82) is 0 Å². The lowest BCUT2D eigenvalue weighted by Gasteiger charge is -2.34. The first-order valence-electron chi connectivity index (χ1n) is 7.80. The Morgan fingerprint density at radius 3 is 2.46 bits per heavy atom. The molecule has 1 aliphatic rings. The summed E-state index contributed by atoms with van der Waals surface area (Å²) >= 11 is 7.58. The van der Waals surface area contributed by atoms with Gasteiger partial charge < -0.3 is 15.0 Å². The van der Waals surface area contributed by atoms with Crippen LogP contribution in [0.3, 0.4) is 0 Å². The molecule has 0 aliphatic carbocycles. The highest BCUT2D eigenvalue weighted by atomic mass is 35.5. The lowest BCUT2D eigenvalue weighted by Crippen LogP contribution is -2.49. The summed E-state index contributed by atoms with van der Waals surface area (Å²) in [6.45, 7) is 4.07. The molecule has 24 heavy (non-hydrogen) atoms. The topological polar surface area (TPSA) is 44.8 Å². The van der Waals surface area contributed by atoms with Crippen LogP contribution in [0.5, 0.6) is 5.75 Å². The maximum absolute atomic E-state index is 12.3. The molecule has 0 radical (unpaired) electrons. The SMILES string of the molecule is COc1ccc(NC(=O)N2CCN(Cc3ccc(Cl)s3)CC2)cc1. The number of benzene rings is 1. The van der Waals surface area contributed by atoms with Gasteiger partial charge in [0.15, 0.2) is 0 Å². The highest BCUT2D eigenvalue weighted by molar-refractivity contribution is 7.16. The number of urea groups is 1. The van der Waals surface area contributed by atoms with E-state index in [0.29, 0.717) is 0 Å². The number of nitrogens with zero attached hydrogens (tertiary/aromatic N) is 2. The Hall–Kier alpha value is -1.76. The van der Waals surface area contributed by atoms with Gasteiger partial charge in [-0.1, -0.05) is 11.6 Å². The number of carbonyl (C=O) groups excluding carboxylic acids is 1. The Morgan fingerprint density at radius 1 is 1.17 bits per heavy atom. The largest absolute Gasteiger partial charge is 0.497 e. The number of halogens is 1. The smallest absolute Gasteiger partial charge is 0.321 e. The van der Waals surface area contributed by atoms with Crippen LogP contribution >= 0.6 is 22.9 Å². The van der Waals surface area contributed by atoms with Gasteiger partial charge in [-0.05, 0) is 36.4 Å². The normalized spacial score (nSPS) is 15.3. The van der Waals surface area contributed by atoms with Crippen molar-refractivity contribution in [3.05, 3.63) is 45.6 Å². The van der Waals surface area contributed by atoms with Gasteiger partial charge in [0.05, 0.1) is 11.4 Å². The number of hydrogen-bond donors (Lipinski definition) is 1. The van der Waals surface area contributed by atoms with Crippen LogP contribution in [0.2, 0.25) is 4.34 Å². The maximum atomic E-state index is 12.3. The second kappa shape index (κ2) is 7.88. The van der Waals surface area contributed by atoms with Gasteiger partial charge >= 0.3 is 6.03 Å². The van der Waals surface area contributed by atoms with Crippen molar-refractivity contribution in [3.63, 3.8) is 0 Å². The van der Waals surface area contributed by atoms with Crippen LogP contribution in [0, 0.1) is 0 Å². The van der Waals surface area contributed by atoms with E-state index in [1.54, 1.807) is 18.4 Å². The van der Waals surface area contributed by atoms with E-state index < -0.39 is 0 Å². The molecule has 7 heteroatoms. The number of methoxy groups -OCH3 is 1. The average Bonchev–Trinajstić information content (AvgIpc) is 3.01. The molecular formula is C17H20ClN3O2S. The number of thiophene rings is 1. The summed E-state index contributed by atoms with van der Waals surface area (Å²) in [6, 6.07) is 11.3. The molecule has 1 aromatic carbocycles. The van der Waals surface area contributed by atoms with E-state index in [2.05, 4.69) is 16.3 Å². The molecule has 3 rings (SSSR count). The van der Waals surface area contributed by atoms with Crippen LogP contribution in [0.4, 0.5) is 10.5 Å². The Labute approximate surface area is 150 Å². The number of nitrogens with one attached hydrogen (secondary N) is 1. The molecule has 0 saturated carbocycles. The summed E-state index contributed by atoms with van der Waals surface area (Å²) in [4.78, 5) is 17.8. The second-order valence-corrected chi connectivity index (χ2v) is 7.43. The lowest BCUT2D eigenvalue weighted by atomic mass is 10.3. The van der Waals surface area contributed by atoms with Crippen LogP contribution in [-0.2, 0) is 6.54 Å². The van der Waals surface area contributed by atoms with Crippen LogP contribution in [0.1, 0.15) is 4.88 Å². The highest BCUT2D eigenvalue weighted by Gasteiger charge is 2.21. The van der Waals surface area contributed by atoms with Crippen LogP contribution in [0.25, 0.3) is 0 Å². The average molecular weight is 366 g/mol. The third kappa shape index (κ3) is 4.41. The first-order valence-corrected chi connectivity index (χ1v) is 9.00. The quantitative estimate of drug-likeness (QED) is 0.897. The minimum Gasteiger partial charge on any atom is -0.497 e. The lowest BCUT2D eigenvalue weighted by molar-refractivity contribution is 0.143. The van der Waals surface area contributed by atoms with Gasteiger partial charge in [-0.3, -0.25) is 4.90 Å². The van der Waals surface area contributed by atoms with Crippen molar-refractivity contribution in [1.82, 2.24) is 9.80 Å². The van der Waals surface area contributed by atoms with Crippen molar-refractivity contribution >= 4 is 34.7 Å². The fourth-order valence-electron chi connectivity index (χ4n) is 2.64. The van der Waals surface area contributed by atoms with E-state index in [1.165, 1.54) is 4.88 Å². The molecule has 0 bridgehead atoms. The fraction of sp³-hybridized carbons (Fsp3) is 0.353. The highest BCUT2D eigenvalue weighted by Crippen LogP contribution is 2.23. The molecule has 1 fully saturated rings. The second-order valence-electron chi connectivity index (χ2n) is 5.63. The molecule has 0 unspecified atom stereocenters. The Bertz CT molecular complexity index is 681. The van der Waals surface area contributed by atoms with E-state index >= 15 is 0 Å². The summed E-state index contributed by atoms with van der Waals surface area (Å²) in [7, 11) is 1.62. The van der Waals surface area contributed by atoms with E-state index in [4.69, 9.17) is 16.3 Å². The number of rotatable bonds is 4. The molecule has 2 amide bonds. The van der Waals surface area contributed by atoms with Crippen molar-refractivity contribution < 1.29 is 9.53 Å². The Morgan fingerprint density at radius 2 is 1.88 bits per heavy atom. The summed E-state index contributed by atoms with van der Waals surface area (Å²) in [6.07, 6.45) is 0. The maximum Gasteiger partial charge on any atom is 0.321 e. The first-order chi connectivity index (χ1) is 11.6. The molecule has 2 heterocycles. The molecule has 1 aromatic heterocycles. The van der Waals surface area contributed by atoms with Crippen molar-refractivity contribution in [2.45, 2.75) is 6.54 Å². The zero-order valence-electron chi connectivity index (χ0n) is 13.5. The van der Waals surface area contributed by atoms with Gasteiger partial charge in [-0.15, -0.1) is 11.3 Å². The third-order valence-corrected chi connectivity index (χ3v) is 5.22. The van der Waals surface area contributed by atoms with E-state index in [0.717, 1.165) is 48.5 Å². The van der Waals surface area contributed by atoms with E-state index in [9.17, 15) is 4.79 Å². The molecule has 2 aromatic rings. The van der Waals surface area contributed by atoms with Crippen LogP contribution in [0.15, 0.2) is 36.4 Å². The van der Waals surface area contributed by atoms with Crippen LogP contribution < -0.4 is 10.1 Å². The van der Waals surface area contributed by atoms with Crippen molar-refractivity contribution in [2.75, 3.05) is 38.6 Å².